The molecule has 1 unspecified atom stereocenters. The maximum atomic E-state index is 13.1. The highest BCUT2D eigenvalue weighted by Gasteiger charge is 2.31. The molecule has 1 atom stereocenters. The normalized spacial score (nSPS) is 13.9. The van der Waals surface area contributed by atoms with Crippen LogP contribution in [0.4, 0.5) is 18.9 Å². The topological polar surface area (TPSA) is 62.1 Å². The summed E-state index contributed by atoms with van der Waals surface area (Å²) in [5.41, 5.74) is -0.284. The first-order chi connectivity index (χ1) is 13.8. The molecule has 0 aliphatic rings. The quantitative estimate of drug-likeness (QED) is 0.433. The Hall–Kier alpha value is -2.39. The Labute approximate surface area is 178 Å². The van der Waals surface area contributed by atoms with Crippen molar-refractivity contribution in [2.24, 2.45) is 9.36 Å². The summed E-state index contributed by atoms with van der Waals surface area (Å²) in [5.74, 6) is -1.00. The third-order valence-electron chi connectivity index (χ3n) is 4.24. The molecule has 0 heterocycles. The first-order valence-corrected chi connectivity index (χ1v) is 11.1. The van der Waals surface area contributed by atoms with Gasteiger partial charge in [0.05, 0.1) is 37.2 Å². The molecule has 30 heavy (non-hydrogen) atoms. The number of rotatable bonds is 5. The van der Waals surface area contributed by atoms with Crippen LogP contribution >= 0.6 is 11.6 Å². The van der Waals surface area contributed by atoms with Crippen LogP contribution in [0.1, 0.15) is 28.4 Å². The number of aryl methyl sites for hydroxylation is 1. The smallest absolute Gasteiger partial charge is 0.366 e. The summed E-state index contributed by atoms with van der Waals surface area (Å²) in [6.45, 7) is 4.37. The van der Waals surface area contributed by atoms with Gasteiger partial charge < -0.3 is 4.90 Å². The van der Waals surface area contributed by atoms with Crippen molar-refractivity contribution in [3.05, 3.63) is 58.1 Å². The Bertz CT molecular complexity index is 1110. The van der Waals surface area contributed by atoms with Crippen molar-refractivity contribution in [2.75, 3.05) is 19.8 Å². The summed E-state index contributed by atoms with van der Waals surface area (Å²) in [5, 5.41) is 0.215. The maximum Gasteiger partial charge on any atom is 0.416 e. The van der Waals surface area contributed by atoms with Crippen LogP contribution in [0.15, 0.2) is 50.6 Å². The molecule has 10 heteroatoms. The second kappa shape index (κ2) is 9.18. The van der Waals surface area contributed by atoms with Gasteiger partial charge in [-0.25, -0.2) is 9.20 Å². The Morgan fingerprint density at radius 2 is 1.93 bits per heavy atom. The van der Waals surface area contributed by atoms with E-state index >= 15 is 0 Å². The lowest BCUT2D eigenvalue weighted by Crippen LogP contribution is -2.14. The summed E-state index contributed by atoms with van der Waals surface area (Å²) >= 11 is 6.25. The standard InChI is InChI=1S/C20H21ClF3N3O2S/c1-5-27(3)12-25-17-9-13(2)18(11-16(17)21)30(4,29)26-19(28)14-7-6-8-15(10-14)20(22,23)24/h6-12H,5H2,1-4H3. The maximum absolute atomic E-state index is 13.1. The minimum atomic E-state index is -4.60. The molecule has 0 aromatic heterocycles. The summed E-state index contributed by atoms with van der Waals surface area (Å²) in [4.78, 5) is 18.7. The van der Waals surface area contributed by atoms with Crippen molar-refractivity contribution in [2.45, 2.75) is 24.9 Å². The number of nitrogens with zero attached hydrogens (tertiary/aromatic N) is 3. The van der Waals surface area contributed by atoms with Gasteiger partial charge in [-0.15, -0.1) is 0 Å². The average Bonchev–Trinajstić information content (AvgIpc) is 2.67. The van der Waals surface area contributed by atoms with Crippen LogP contribution in [0.3, 0.4) is 0 Å². The zero-order chi connectivity index (χ0) is 22.7. The highest BCUT2D eigenvalue weighted by Crippen LogP contribution is 2.32. The number of carbonyl (C=O) groups excluding carboxylic acids is 1. The van der Waals surface area contributed by atoms with Gasteiger partial charge >= 0.3 is 6.18 Å². The fraction of sp³-hybridized carbons (Fsp3) is 0.300. The van der Waals surface area contributed by atoms with E-state index in [9.17, 15) is 22.2 Å². The first-order valence-electron chi connectivity index (χ1n) is 8.83. The van der Waals surface area contributed by atoms with Gasteiger partial charge in [-0.1, -0.05) is 17.7 Å². The highest BCUT2D eigenvalue weighted by atomic mass is 35.5. The van der Waals surface area contributed by atoms with Crippen molar-refractivity contribution in [3.63, 3.8) is 0 Å². The SMILES string of the molecule is CCN(C)C=Nc1cc(C)c(S(C)(=O)=NC(=O)c2cccc(C(F)(F)F)c2)cc1Cl. The largest absolute Gasteiger partial charge is 0.416 e. The molecular weight excluding hydrogens is 439 g/mol. The summed E-state index contributed by atoms with van der Waals surface area (Å²) in [7, 11) is -1.42. The van der Waals surface area contributed by atoms with Crippen LogP contribution < -0.4 is 0 Å². The van der Waals surface area contributed by atoms with Gasteiger partial charge in [0.1, 0.15) is 0 Å². The number of amides is 1. The van der Waals surface area contributed by atoms with Gasteiger partial charge in [-0.3, -0.25) is 4.79 Å². The predicted molar refractivity (Wildman–Crippen MR) is 113 cm³/mol. The van der Waals surface area contributed by atoms with Gasteiger partial charge in [-0.2, -0.15) is 17.5 Å². The predicted octanol–water partition coefficient (Wildman–Crippen LogP) is 5.58. The molecule has 0 saturated carbocycles. The highest BCUT2D eigenvalue weighted by molar-refractivity contribution is 7.93. The molecule has 1 amide bonds. The van der Waals surface area contributed by atoms with E-state index in [1.165, 1.54) is 18.4 Å². The Morgan fingerprint density at radius 1 is 1.27 bits per heavy atom. The molecule has 0 aliphatic carbocycles. The molecule has 162 valence electrons. The van der Waals surface area contributed by atoms with Crippen molar-refractivity contribution in [3.8, 4) is 0 Å². The fourth-order valence-electron chi connectivity index (χ4n) is 2.49. The number of hydrogen-bond donors (Lipinski definition) is 0. The molecule has 2 rings (SSSR count). The molecule has 0 fully saturated rings. The second-order valence-corrected chi connectivity index (χ2v) is 9.30. The molecule has 2 aromatic carbocycles. The van der Waals surface area contributed by atoms with Gasteiger partial charge in [0, 0.05) is 25.4 Å². The van der Waals surface area contributed by atoms with Crippen molar-refractivity contribution >= 4 is 39.3 Å². The van der Waals surface area contributed by atoms with Crippen LogP contribution in [-0.2, 0) is 15.9 Å². The van der Waals surface area contributed by atoms with Crippen LogP contribution in [0, 0.1) is 6.92 Å². The van der Waals surface area contributed by atoms with E-state index in [4.69, 9.17) is 11.6 Å². The number of hydrogen-bond acceptors (Lipinski definition) is 3. The van der Waals surface area contributed by atoms with E-state index in [-0.39, 0.29) is 15.5 Å². The van der Waals surface area contributed by atoms with Crippen molar-refractivity contribution in [1.82, 2.24) is 4.90 Å². The Kier molecular flexibility index (Phi) is 7.31. The minimum Gasteiger partial charge on any atom is -0.366 e. The molecule has 0 spiro atoms. The van der Waals surface area contributed by atoms with Gasteiger partial charge in [0.15, 0.2) is 0 Å². The van der Waals surface area contributed by atoms with Crippen LogP contribution in [-0.4, -0.2) is 41.2 Å². The van der Waals surface area contributed by atoms with Gasteiger partial charge in [0.2, 0.25) is 0 Å². The second-order valence-electron chi connectivity index (χ2n) is 6.66. The summed E-state index contributed by atoms with van der Waals surface area (Å²) in [6, 6.07) is 6.86. The number of aliphatic imine (C=N–C) groups is 1. The summed E-state index contributed by atoms with van der Waals surface area (Å²) in [6.07, 6.45) is -1.76. The number of halogens is 4. The zero-order valence-corrected chi connectivity index (χ0v) is 18.4. The Balaban J connectivity index is 2.45. The van der Waals surface area contributed by atoms with Crippen LogP contribution in [0.2, 0.25) is 5.02 Å². The molecule has 5 nitrogen and oxygen atoms in total. The average molecular weight is 460 g/mol. The van der Waals surface area contributed by atoms with E-state index < -0.39 is 27.4 Å². The van der Waals surface area contributed by atoms with Crippen LogP contribution in [0.25, 0.3) is 0 Å². The third-order valence-corrected chi connectivity index (χ3v) is 6.31. The van der Waals surface area contributed by atoms with E-state index in [1.807, 2.05) is 18.9 Å². The zero-order valence-electron chi connectivity index (χ0n) is 16.8. The van der Waals surface area contributed by atoms with Crippen molar-refractivity contribution < 1.29 is 22.2 Å². The lowest BCUT2D eigenvalue weighted by molar-refractivity contribution is -0.137. The lowest BCUT2D eigenvalue weighted by Gasteiger charge is -2.12. The van der Waals surface area contributed by atoms with E-state index in [0.717, 1.165) is 18.7 Å². The minimum absolute atomic E-state index is 0.215. The van der Waals surface area contributed by atoms with Gasteiger partial charge in [-0.05, 0) is 49.7 Å². The molecular formula is C20H21ClF3N3O2S. The third kappa shape index (κ3) is 5.82. The van der Waals surface area contributed by atoms with E-state index in [1.54, 1.807) is 19.3 Å². The molecule has 0 radical (unpaired) electrons. The molecule has 0 bridgehead atoms. The van der Waals surface area contributed by atoms with Crippen molar-refractivity contribution in [1.29, 1.82) is 0 Å². The monoisotopic (exact) mass is 459 g/mol. The van der Waals surface area contributed by atoms with E-state index in [2.05, 4.69) is 9.36 Å². The molecule has 2 aromatic rings. The summed E-state index contributed by atoms with van der Waals surface area (Å²) < 4.78 is 55.5. The Morgan fingerprint density at radius 3 is 2.53 bits per heavy atom. The molecule has 0 aliphatic heterocycles. The van der Waals surface area contributed by atoms with E-state index in [0.29, 0.717) is 17.3 Å². The lowest BCUT2D eigenvalue weighted by atomic mass is 10.1. The number of carbonyl (C=O) groups is 1. The molecule has 0 N–H and O–H groups in total. The number of alkyl halides is 3. The molecule has 0 saturated heterocycles. The van der Waals surface area contributed by atoms with Crippen LogP contribution in [0.5, 0.6) is 0 Å². The first kappa shape index (κ1) is 23.9. The fourth-order valence-corrected chi connectivity index (χ4v) is 4.28. The van der Waals surface area contributed by atoms with Gasteiger partial charge in [0.25, 0.3) is 5.91 Å². The number of benzene rings is 2.